The molecule has 0 amide bonds. The lowest BCUT2D eigenvalue weighted by Gasteiger charge is -2.17. The summed E-state index contributed by atoms with van der Waals surface area (Å²) in [6.45, 7) is 0. The SMILES string of the molecule is COP(=O)(Oc1ccc(C=O)cc1)c1ccccc1. The highest BCUT2D eigenvalue weighted by Gasteiger charge is 2.27. The molecule has 0 radical (unpaired) electrons. The molecular formula is C14H13O4P. The quantitative estimate of drug-likeness (QED) is 0.622. The number of carbonyl (C=O) groups is 1. The monoisotopic (exact) mass is 276 g/mol. The fourth-order valence-electron chi connectivity index (χ4n) is 1.55. The van der Waals surface area contributed by atoms with Crippen LogP contribution in [0.4, 0.5) is 0 Å². The summed E-state index contributed by atoms with van der Waals surface area (Å²) in [5.74, 6) is 0.389. The summed E-state index contributed by atoms with van der Waals surface area (Å²) in [5.41, 5.74) is 0.527. The molecule has 0 spiro atoms. The first kappa shape index (κ1) is 13.5. The van der Waals surface area contributed by atoms with E-state index >= 15 is 0 Å². The van der Waals surface area contributed by atoms with Gasteiger partial charge in [0.05, 0.1) is 5.30 Å². The van der Waals surface area contributed by atoms with E-state index in [1.165, 1.54) is 7.11 Å². The summed E-state index contributed by atoms with van der Waals surface area (Å²) in [4.78, 5) is 10.6. The van der Waals surface area contributed by atoms with Gasteiger partial charge in [-0.2, -0.15) is 0 Å². The Kier molecular flexibility index (Phi) is 4.15. The molecule has 0 aliphatic heterocycles. The minimum absolute atomic E-state index is 0.389. The molecule has 0 fully saturated rings. The second-order valence-corrected chi connectivity index (χ2v) is 5.85. The Balaban J connectivity index is 2.27. The fourth-order valence-corrected chi connectivity index (χ4v) is 2.88. The number of carbonyl (C=O) groups excluding carboxylic acids is 1. The van der Waals surface area contributed by atoms with Crippen LogP contribution in [-0.2, 0) is 9.09 Å². The molecule has 19 heavy (non-hydrogen) atoms. The van der Waals surface area contributed by atoms with Gasteiger partial charge in [0, 0.05) is 12.7 Å². The highest BCUT2D eigenvalue weighted by atomic mass is 31.2. The Morgan fingerprint density at radius 3 is 2.16 bits per heavy atom. The summed E-state index contributed by atoms with van der Waals surface area (Å²) in [6.07, 6.45) is 0.733. The first-order chi connectivity index (χ1) is 9.18. The summed E-state index contributed by atoms with van der Waals surface area (Å²) in [5, 5.41) is 0.483. The van der Waals surface area contributed by atoms with E-state index in [4.69, 9.17) is 9.05 Å². The number of hydrogen-bond donors (Lipinski definition) is 0. The van der Waals surface area contributed by atoms with Crippen LogP contribution in [0, 0.1) is 0 Å². The van der Waals surface area contributed by atoms with Crippen molar-refractivity contribution in [1.29, 1.82) is 0 Å². The van der Waals surface area contributed by atoms with Crippen molar-refractivity contribution in [2.75, 3.05) is 7.11 Å². The van der Waals surface area contributed by atoms with Crippen LogP contribution in [0.25, 0.3) is 0 Å². The van der Waals surface area contributed by atoms with Gasteiger partial charge >= 0.3 is 7.60 Å². The third kappa shape index (κ3) is 3.11. The van der Waals surface area contributed by atoms with Gasteiger partial charge in [-0.05, 0) is 36.4 Å². The molecule has 1 atom stereocenters. The van der Waals surface area contributed by atoms with E-state index in [9.17, 15) is 9.36 Å². The van der Waals surface area contributed by atoms with Gasteiger partial charge in [0.1, 0.15) is 12.0 Å². The third-order valence-electron chi connectivity index (χ3n) is 2.55. The van der Waals surface area contributed by atoms with Gasteiger partial charge in [-0.1, -0.05) is 18.2 Å². The van der Waals surface area contributed by atoms with Crippen molar-refractivity contribution >= 4 is 19.2 Å². The maximum absolute atomic E-state index is 12.6. The molecule has 0 aliphatic rings. The number of aldehydes is 1. The predicted molar refractivity (Wildman–Crippen MR) is 73.1 cm³/mol. The molecule has 2 aromatic carbocycles. The van der Waals surface area contributed by atoms with Crippen LogP contribution in [0.2, 0.25) is 0 Å². The highest BCUT2D eigenvalue weighted by molar-refractivity contribution is 7.62. The molecule has 0 saturated carbocycles. The van der Waals surface area contributed by atoms with E-state index in [-0.39, 0.29) is 0 Å². The number of benzene rings is 2. The van der Waals surface area contributed by atoms with Gasteiger partial charge in [-0.3, -0.25) is 9.32 Å². The zero-order valence-electron chi connectivity index (χ0n) is 10.4. The molecule has 4 nitrogen and oxygen atoms in total. The minimum atomic E-state index is -3.39. The second-order valence-electron chi connectivity index (χ2n) is 3.79. The van der Waals surface area contributed by atoms with Crippen molar-refractivity contribution in [3.63, 3.8) is 0 Å². The van der Waals surface area contributed by atoms with Crippen LogP contribution in [0.5, 0.6) is 5.75 Å². The van der Waals surface area contributed by atoms with Crippen LogP contribution in [0.3, 0.4) is 0 Å². The Morgan fingerprint density at radius 2 is 1.63 bits per heavy atom. The summed E-state index contributed by atoms with van der Waals surface area (Å²) >= 11 is 0. The van der Waals surface area contributed by atoms with Crippen molar-refractivity contribution in [2.24, 2.45) is 0 Å². The maximum atomic E-state index is 12.6. The molecule has 0 aromatic heterocycles. The highest BCUT2D eigenvalue weighted by Crippen LogP contribution is 2.46. The van der Waals surface area contributed by atoms with Gasteiger partial charge in [-0.15, -0.1) is 0 Å². The molecule has 2 aromatic rings. The van der Waals surface area contributed by atoms with Crippen molar-refractivity contribution < 1.29 is 18.4 Å². The Morgan fingerprint density at radius 1 is 1.00 bits per heavy atom. The number of hydrogen-bond acceptors (Lipinski definition) is 4. The lowest BCUT2D eigenvalue weighted by Crippen LogP contribution is -2.10. The fraction of sp³-hybridized carbons (Fsp3) is 0.0714. The zero-order chi connectivity index (χ0) is 13.7. The molecule has 5 heteroatoms. The van der Waals surface area contributed by atoms with Crippen LogP contribution in [0.1, 0.15) is 10.4 Å². The Bertz CT molecular complexity index is 593. The Hall–Kier alpha value is -1.90. The van der Waals surface area contributed by atoms with Crippen LogP contribution in [-0.4, -0.2) is 13.4 Å². The normalized spacial score (nSPS) is 13.5. The predicted octanol–water partition coefficient (Wildman–Crippen LogP) is 3.04. The molecule has 1 unspecified atom stereocenters. The van der Waals surface area contributed by atoms with Crippen molar-refractivity contribution in [2.45, 2.75) is 0 Å². The minimum Gasteiger partial charge on any atom is -0.421 e. The van der Waals surface area contributed by atoms with E-state index in [2.05, 4.69) is 0 Å². The summed E-state index contributed by atoms with van der Waals surface area (Å²) in [6, 6.07) is 15.1. The topological polar surface area (TPSA) is 52.6 Å². The Labute approximate surface area is 111 Å². The molecule has 0 heterocycles. The average molecular weight is 276 g/mol. The van der Waals surface area contributed by atoms with Crippen molar-refractivity contribution in [1.82, 2.24) is 0 Å². The van der Waals surface area contributed by atoms with Crippen molar-refractivity contribution in [3.8, 4) is 5.75 Å². The van der Waals surface area contributed by atoms with E-state index in [0.717, 1.165) is 6.29 Å². The third-order valence-corrected chi connectivity index (χ3v) is 4.42. The van der Waals surface area contributed by atoms with Crippen LogP contribution in [0.15, 0.2) is 54.6 Å². The van der Waals surface area contributed by atoms with Crippen LogP contribution >= 0.6 is 7.60 Å². The first-order valence-electron chi connectivity index (χ1n) is 5.64. The molecule has 0 saturated heterocycles. The molecule has 0 aliphatic carbocycles. The first-order valence-corrected chi connectivity index (χ1v) is 7.18. The lowest BCUT2D eigenvalue weighted by atomic mass is 10.2. The summed E-state index contributed by atoms with van der Waals surface area (Å²) < 4.78 is 23.1. The van der Waals surface area contributed by atoms with Gasteiger partial charge in [0.25, 0.3) is 0 Å². The number of rotatable bonds is 5. The van der Waals surface area contributed by atoms with Gasteiger partial charge in [0.2, 0.25) is 0 Å². The maximum Gasteiger partial charge on any atom is 0.410 e. The standard InChI is InChI=1S/C14H13O4P/c1-17-19(16,14-5-3-2-4-6-14)18-13-9-7-12(11-15)8-10-13/h2-11H,1H3. The largest absolute Gasteiger partial charge is 0.421 e. The van der Waals surface area contributed by atoms with Gasteiger partial charge < -0.3 is 4.52 Å². The van der Waals surface area contributed by atoms with E-state index in [0.29, 0.717) is 16.6 Å². The molecule has 98 valence electrons. The molecule has 0 bridgehead atoms. The lowest BCUT2D eigenvalue weighted by molar-refractivity contribution is 0.112. The van der Waals surface area contributed by atoms with E-state index in [1.807, 2.05) is 6.07 Å². The average Bonchev–Trinajstić information content (AvgIpc) is 2.49. The molecular weight excluding hydrogens is 263 g/mol. The molecule has 0 N–H and O–H groups in total. The van der Waals surface area contributed by atoms with Crippen molar-refractivity contribution in [3.05, 3.63) is 60.2 Å². The van der Waals surface area contributed by atoms with Gasteiger partial charge in [-0.25, -0.2) is 4.57 Å². The second kappa shape index (κ2) is 5.83. The van der Waals surface area contributed by atoms with E-state index in [1.54, 1.807) is 48.5 Å². The van der Waals surface area contributed by atoms with E-state index < -0.39 is 7.60 Å². The van der Waals surface area contributed by atoms with Gasteiger partial charge in [0.15, 0.2) is 0 Å². The van der Waals surface area contributed by atoms with Crippen LogP contribution < -0.4 is 9.83 Å². The zero-order valence-corrected chi connectivity index (χ0v) is 11.2. The molecule has 2 rings (SSSR count). The summed E-state index contributed by atoms with van der Waals surface area (Å²) in [7, 11) is -2.05. The smallest absolute Gasteiger partial charge is 0.410 e.